The standard InChI is InChI=1S/2C4H8O2.CH4O2.10CH4.2Y/c2*5-2-1-4-3-6-4;2-1-3;;;;;;;;;;;;/h2*4-5H,1-3H2;2-3H,1H2;10*1H4;;. The maximum Gasteiger partial charge on any atom is 0.140 e. The van der Waals surface area contributed by atoms with Gasteiger partial charge in [-0.1, -0.05) is 74.3 Å². The van der Waals surface area contributed by atoms with E-state index in [2.05, 4.69) is 0 Å². The molecular formula is C19H60O6Y2. The van der Waals surface area contributed by atoms with Gasteiger partial charge in [-0.3, -0.25) is 0 Å². The Morgan fingerprint density at radius 1 is 0.519 bits per heavy atom. The van der Waals surface area contributed by atoms with Gasteiger partial charge in [0.2, 0.25) is 0 Å². The second-order valence-electron chi connectivity index (χ2n) is 3.08. The molecule has 0 bridgehead atoms. The summed E-state index contributed by atoms with van der Waals surface area (Å²) in [4.78, 5) is 0. The van der Waals surface area contributed by atoms with Crippen molar-refractivity contribution in [1.82, 2.24) is 0 Å². The second-order valence-corrected chi connectivity index (χ2v) is 3.08. The number of aliphatic hydroxyl groups is 4. The van der Waals surface area contributed by atoms with Crippen molar-refractivity contribution in [2.75, 3.05) is 33.2 Å². The zero-order valence-electron chi connectivity index (χ0n) is 9.86. The van der Waals surface area contributed by atoms with E-state index in [9.17, 15) is 0 Å². The molecule has 2 saturated heterocycles. The molecule has 2 aliphatic rings. The molecule has 6 nitrogen and oxygen atoms in total. The Balaban J connectivity index is -0.00000000833. The number of hydrogen-bond acceptors (Lipinski definition) is 6. The fourth-order valence-electron chi connectivity index (χ4n) is 0.757. The predicted molar refractivity (Wildman–Crippen MR) is 120 cm³/mol. The molecule has 8 heteroatoms. The molecule has 27 heavy (non-hydrogen) atoms. The van der Waals surface area contributed by atoms with Crippen LogP contribution >= 0.6 is 0 Å². The first-order valence-electron chi connectivity index (χ1n) is 4.95. The SMILES string of the molecule is C.C.C.C.C.C.C.C.C.C.OCCC1CO1.OCCC1CO1.OCO.[Y].[Y]. The quantitative estimate of drug-likeness (QED) is 0.289. The van der Waals surface area contributed by atoms with Gasteiger partial charge >= 0.3 is 0 Å². The fraction of sp³-hybridized carbons (Fsp3) is 1.00. The molecule has 2 heterocycles. The van der Waals surface area contributed by atoms with E-state index in [4.69, 9.17) is 29.9 Å². The van der Waals surface area contributed by atoms with Crippen molar-refractivity contribution < 1.29 is 95.3 Å². The van der Waals surface area contributed by atoms with Gasteiger partial charge in [-0.05, 0) is 12.8 Å². The van der Waals surface area contributed by atoms with Gasteiger partial charge in [0.25, 0.3) is 0 Å². The first-order chi connectivity index (χ1) is 7.28. The molecule has 0 aromatic heterocycles. The Bertz CT molecular complexity index is 125. The molecule has 2 radical (unpaired) electrons. The van der Waals surface area contributed by atoms with Crippen LogP contribution in [-0.2, 0) is 74.9 Å². The summed E-state index contributed by atoms with van der Waals surface area (Å²) in [5.74, 6) is 0. The number of rotatable bonds is 4. The minimum atomic E-state index is -0.750. The van der Waals surface area contributed by atoms with Crippen LogP contribution in [0.4, 0.5) is 0 Å². The molecule has 4 N–H and O–H groups in total. The first-order valence-corrected chi connectivity index (χ1v) is 4.95. The minimum Gasteiger partial charge on any atom is -0.396 e. The van der Waals surface area contributed by atoms with Crippen molar-refractivity contribution in [3.8, 4) is 0 Å². The maximum absolute atomic E-state index is 8.20. The van der Waals surface area contributed by atoms with Crippen molar-refractivity contribution in [2.45, 2.75) is 99.3 Å². The zero-order chi connectivity index (χ0) is 11.5. The van der Waals surface area contributed by atoms with Crippen molar-refractivity contribution in [1.29, 1.82) is 0 Å². The number of ether oxygens (including phenoxy) is 2. The van der Waals surface area contributed by atoms with E-state index in [1.807, 2.05) is 0 Å². The van der Waals surface area contributed by atoms with E-state index < -0.39 is 6.79 Å². The van der Waals surface area contributed by atoms with Gasteiger partial charge < -0.3 is 29.9 Å². The van der Waals surface area contributed by atoms with Crippen LogP contribution in [0.5, 0.6) is 0 Å². The molecule has 2 fully saturated rings. The average Bonchev–Trinajstić information content (AvgIpc) is 3.01. The summed E-state index contributed by atoms with van der Waals surface area (Å²) in [6.45, 7) is 1.51. The summed E-state index contributed by atoms with van der Waals surface area (Å²) in [7, 11) is 0. The van der Waals surface area contributed by atoms with E-state index in [-0.39, 0.29) is 153 Å². The van der Waals surface area contributed by atoms with E-state index in [1.165, 1.54) is 0 Å². The number of hydrogen-bond donors (Lipinski definition) is 4. The first kappa shape index (κ1) is 88.9. The van der Waals surface area contributed by atoms with Crippen molar-refractivity contribution in [2.24, 2.45) is 0 Å². The maximum atomic E-state index is 8.20. The fourth-order valence-corrected chi connectivity index (χ4v) is 0.757. The molecule has 2 atom stereocenters. The van der Waals surface area contributed by atoms with Crippen LogP contribution in [0.3, 0.4) is 0 Å². The van der Waals surface area contributed by atoms with Crippen LogP contribution in [0.25, 0.3) is 0 Å². The summed E-state index contributed by atoms with van der Waals surface area (Å²) in [6.07, 6.45) is 2.44. The summed E-state index contributed by atoms with van der Waals surface area (Å²) >= 11 is 0. The van der Waals surface area contributed by atoms with Crippen LogP contribution in [0.15, 0.2) is 0 Å². The summed E-state index contributed by atoms with van der Waals surface area (Å²) in [6, 6.07) is 0. The zero-order valence-corrected chi connectivity index (χ0v) is 15.5. The summed E-state index contributed by atoms with van der Waals surface area (Å²) < 4.78 is 9.58. The monoisotopic (exact) mass is 562 g/mol. The van der Waals surface area contributed by atoms with Gasteiger partial charge in [0.15, 0.2) is 0 Å². The molecule has 2 aliphatic heterocycles. The van der Waals surface area contributed by atoms with Gasteiger partial charge in [0.1, 0.15) is 6.79 Å². The molecule has 0 amide bonds. The number of aliphatic hydroxyl groups excluding tert-OH is 3. The third kappa shape index (κ3) is 96.7. The van der Waals surface area contributed by atoms with Crippen molar-refractivity contribution >= 4 is 0 Å². The normalized spacial score (nSPS) is 14.2. The van der Waals surface area contributed by atoms with Gasteiger partial charge in [-0.25, -0.2) is 0 Å². The minimum absolute atomic E-state index is 0. The van der Waals surface area contributed by atoms with Crippen LogP contribution in [0, 0.1) is 0 Å². The average molecular weight is 562 g/mol. The topological polar surface area (TPSA) is 106 Å². The summed E-state index contributed by atoms with van der Waals surface area (Å²) in [5, 5.41) is 30.6. The Labute approximate surface area is 226 Å². The Kier molecular flexibility index (Phi) is 233. The Morgan fingerprint density at radius 2 is 0.667 bits per heavy atom. The third-order valence-electron chi connectivity index (χ3n) is 1.71. The van der Waals surface area contributed by atoms with Crippen LogP contribution in [-0.4, -0.2) is 65.9 Å². The molecule has 0 aliphatic carbocycles. The number of epoxide rings is 2. The molecule has 0 aromatic rings. The van der Waals surface area contributed by atoms with Gasteiger partial charge in [0.05, 0.1) is 25.4 Å². The molecule has 0 spiro atoms. The molecule has 2 unspecified atom stereocenters. The molecule has 2 rings (SSSR count). The molecular weight excluding hydrogens is 502 g/mol. The third-order valence-corrected chi connectivity index (χ3v) is 1.71. The van der Waals surface area contributed by atoms with Gasteiger partial charge in [-0.2, -0.15) is 0 Å². The Hall–Kier alpha value is 1.97. The molecule has 0 saturated carbocycles. The molecule has 0 aromatic carbocycles. The van der Waals surface area contributed by atoms with Gasteiger partial charge in [0, 0.05) is 78.6 Å². The molecule has 178 valence electrons. The van der Waals surface area contributed by atoms with Crippen molar-refractivity contribution in [3.05, 3.63) is 0 Å². The van der Waals surface area contributed by atoms with Crippen LogP contribution < -0.4 is 0 Å². The smallest absolute Gasteiger partial charge is 0.140 e. The van der Waals surface area contributed by atoms with Gasteiger partial charge in [-0.15, -0.1) is 0 Å². The summed E-state index contributed by atoms with van der Waals surface area (Å²) in [5.41, 5.74) is 0. The largest absolute Gasteiger partial charge is 0.396 e. The van der Waals surface area contributed by atoms with Crippen LogP contribution in [0.2, 0.25) is 0 Å². The van der Waals surface area contributed by atoms with E-state index >= 15 is 0 Å². The van der Waals surface area contributed by atoms with E-state index in [0.29, 0.717) is 12.2 Å². The van der Waals surface area contributed by atoms with E-state index in [1.54, 1.807) is 0 Å². The second kappa shape index (κ2) is 70.6. The van der Waals surface area contributed by atoms with E-state index in [0.717, 1.165) is 26.1 Å². The predicted octanol–water partition coefficient (Wildman–Crippen LogP) is 4.82. The Morgan fingerprint density at radius 3 is 0.704 bits per heavy atom. The van der Waals surface area contributed by atoms with Crippen LogP contribution in [0.1, 0.15) is 87.1 Å². The van der Waals surface area contributed by atoms with Crippen molar-refractivity contribution in [3.63, 3.8) is 0 Å².